The Bertz CT molecular complexity index is 1420. The first-order chi connectivity index (χ1) is 19.9. The molecule has 3 aromatic rings. The molecule has 1 aromatic carbocycles. The summed E-state index contributed by atoms with van der Waals surface area (Å²) in [7, 11) is 0. The van der Waals surface area contributed by atoms with E-state index in [1.165, 1.54) is 6.20 Å². The molecule has 4 heterocycles. The summed E-state index contributed by atoms with van der Waals surface area (Å²) in [5, 5.41) is 51.5. The molecule has 2 fully saturated rings. The molecular weight excluding hydrogens is 579 g/mol. The third-order valence-electron chi connectivity index (χ3n) is 7.83. The van der Waals surface area contributed by atoms with Crippen LogP contribution in [0.5, 0.6) is 0 Å². The number of thioether (sulfide) groups is 1. The molecule has 4 N–H and O–H groups in total. The van der Waals surface area contributed by atoms with Gasteiger partial charge in [-0.05, 0) is 32.9 Å². The zero-order valence-electron chi connectivity index (χ0n) is 23.1. The van der Waals surface area contributed by atoms with E-state index in [4.69, 9.17) is 14.5 Å². The maximum absolute atomic E-state index is 13.8. The van der Waals surface area contributed by atoms with Crippen molar-refractivity contribution in [2.75, 3.05) is 19.8 Å². The molecule has 0 bridgehead atoms. The van der Waals surface area contributed by atoms with Crippen molar-refractivity contribution in [3.8, 4) is 11.3 Å². The Morgan fingerprint density at radius 1 is 1.02 bits per heavy atom. The number of hydrogen-bond donors (Lipinski definition) is 4. The van der Waals surface area contributed by atoms with Gasteiger partial charge in [-0.3, -0.25) is 9.97 Å². The molecule has 0 spiro atoms. The first-order valence-electron chi connectivity index (χ1n) is 13.4. The smallest absolute Gasteiger partial charge is 0.194 e. The van der Waals surface area contributed by atoms with Crippen molar-refractivity contribution < 1.29 is 43.1 Å². The second kappa shape index (κ2) is 12.1. The lowest BCUT2D eigenvalue weighted by atomic mass is 9.88. The number of nitrogens with zero attached hydrogens (tertiary/aromatic N) is 5. The van der Waals surface area contributed by atoms with Gasteiger partial charge in [-0.2, -0.15) is 0 Å². The molecule has 15 heteroatoms. The van der Waals surface area contributed by atoms with Gasteiger partial charge in [0.15, 0.2) is 17.5 Å². The number of aryl methyl sites for hydroxylation is 3. The molecule has 2 saturated heterocycles. The molecule has 2 aromatic heterocycles. The second-order valence-electron chi connectivity index (χ2n) is 10.6. The van der Waals surface area contributed by atoms with E-state index in [0.29, 0.717) is 30.3 Å². The highest BCUT2D eigenvalue weighted by Crippen LogP contribution is 2.49. The summed E-state index contributed by atoms with van der Waals surface area (Å²) in [5.41, 5.74) is -0.0476. The summed E-state index contributed by atoms with van der Waals surface area (Å²) in [6, 6.07) is 0.289. The quantitative estimate of drug-likeness (QED) is 0.290. The van der Waals surface area contributed by atoms with Crippen LogP contribution in [0, 0.1) is 38.2 Å². The van der Waals surface area contributed by atoms with Gasteiger partial charge in [0.1, 0.15) is 35.5 Å². The van der Waals surface area contributed by atoms with Gasteiger partial charge in [-0.1, -0.05) is 5.21 Å². The van der Waals surface area contributed by atoms with E-state index in [2.05, 4.69) is 15.3 Å². The van der Waals surface area contributed by atoms with Gasteiger partial charge in [0.25, 0.3) is 0 Å². The zero-order chi connectivity index (χ0) is 30.3. The molecule has 0 amide bonds. The molecule has 2 aliphatic heterocycles. The number of hydrogen-bond acceptors (Lipinski definition) is 11. The summed E-state index contributed by atoms with van der Waals surface area (Å²) >= 11 is 1.08. The van der Waals surface area contributed by atoms with Crippen LogP contribution in [0.25, 0.3) is 11.3 Å². The molecule has 0 radical (unpaired) electrons. The Morgan fingerprint density at radius 3 is 2.31 bits per heavy atom. The monoisotopic (exact) mass is 611 g/mol. The molecule has 2 aliphatic rings. The maximum Gasteiger partial charge on any atom is 0.194 e. The van der Waals surface area contributed by atoms with Gasteiger partial charge >= 0.3 is 0 Å². The molecule has 42 heavy (non-hydrogen) atoms. The lowest BCUT2D eigenvalue weighted by Gasteiger charge is -2.45. The fraction of sp³-hybridized carbons (Fsp3) is 0.556. The van der Waals surface area contributed by atoms with Crippen molar-refractivity contribution in [2.45, 2.75) is 74.3 Å². The van der Waals surface area contributed by atoms with Crippen LogP contribution in [0.1, 0.15) is 46.9 Å². The summed E-state index contributed by atoms with van der Waals surface area (Å²) in [5.74, 6) is -4.45. The Kier molecular flexibility index (Phi) is 8.90. The molecule has 0 aliphatic carbocycles. The fourth-order valence-corrected chi connectivity index (χ4v) is 6.94. The largest absolute Gasteiger partial charge is 0.394 e. The minimum absolute atomic E-state index is 0.0427. The minimum Gasteiger partial charge on any atom is -0.394 e. The zero-order valence-corrected chi connectivity index (χ0v) is 23.9. The van der Waals surface area contributed by atoms with Crippen LogP contribution < -0.4 is 0 Å². The van der Waals surface area contributed by atoms with Gasteiger partial charge in [0.05, 0.1) is 46.4 Å². The average molecular weight is 612 g/mol. The number of halogens is 3. The van der Waals surface area contributed by atoms with Crippen LogP contribution in [0.3, 0.4) is 0 Å². The molecule has 5 rings (SSSR count). The highest BCUT2D eigenvalue weighted by Gasteiger charge is 2.50. The van der Waals surface area contributed by atoms with Gasteiger partial charge in [0, 0.05) is 31.6 Å². The van der Waals surface area contributed by atoms with Crippen molar-refractivity contribution >= 4 is 11.8 Å². The average Bonchev–Trinajstić information content (AvgIpc) is 3.43. The van der Waals surface area contributed by atoms with Crippen molar-refractivity contribution in [2.24, 2.45) is 0 Å². The van der Waals surface area contributed by atoms with Crippen molar-refractivity contribution in [1.82, 2.24) is 25.0 Å². The summed E-state index contributed by atoms with van der Waals surface area (Å²) in [4.78, 5) is 9.32. The Morgan fingerprint density at radius 2 is 1.67 bits per heavy atom. The second-order valence-corrected chi connectivity index (χ2v) is 11.8. The van der Waals surface area contributed by atoms with Gasteiger partial charge in [0.2, 0.25) is 0 Å². The van der Waals surface area contributed by atoms with E-state index in [1.807, 2.05) is 13.8 Å². The predicted molar refractivity (Wildman–Crippen MR) is 144 cm³/mol. The van der Waals surface area contributed by atoms with E-state index in [9.17, 15) is 33.6 Å². The molecular formula is C27H32F3N5O6S. The first kappa shape index (κ1) is 30.8. The lowest BCUT2D eigenvalue weighted by molar-refractivity contribution is -0.179. The van der Waals surface area contributed by atoms with Crippen LogP contribution >= 0.6 is 11.8 Å². The van der Waals surface area contributed by atoms with Crippen molar-refractivity contribution in [1.29, 1.82) is 0 Å². The minimum atomic E-state index is -1.63. The number of ether oxygens (including phenoxy) is 2. The summed E-state index contributed by atoms with van der Waals surface area (Å²) in [6.07, 6.45) is -2.28. The van der Waals surface area contributed by atoms with E-state index >= 15 is 0 Å². The van der Waals surface area contributed by atoms with Crippen LogP contribution in [-0.2, 0) is 9.47 Å². The summed E-state index contributed by atoms with van der Waals surface area (Å²) in [6.45, 7) is 5.43. The predicted octanol–water partition coefficient (Wildman–Crippen LogP) is 2.07. The molecule has 228 valence electrons. The van der Waals surface area contributed by atoms with Crippen molar-refractivity contribution in [3.63, 3.8) is 0 Å². The number of aliphatic hydroxyl groups excluding tert-OH is 3. The van der Waals surface area contributed by atoms with Gasteiger partial charge in [-0.25, -0.2) is 17.9 Å². The Hall–Kier alpha value is -2.66. The van der Waals surface area contributed by atoms with Gasteiger partial charge < -0.3 is 29.9 Å². The van der Waals surface area contributed by atoms with E-state index in [-0.39, 0.29) is 24.1 Å². The number of aliphatic hydroxyl groups is 4. The Balaban J connectivity index is 1.50. The number of aromatic nitrogens is 5. The topological polar surface area (TPSA) is 156 Å². The molecule has 0 saturated carbocycles. The van der Waals surface area contributed by atoms with Crippen molar-refractivity contribution in [3.05, 3.63) is 58.6 Å². The number of rotatable bonds is 7. The lowest BCUT2D eigenvalue weighted by Crippen LogP contribution is -2.55. The van der Waals surface area contributed by atoms with E-state index in [0.717, 1.165) is 34.3 Å². The molecule has 6 atom stereocenters. The maximum atomic E-state index is 13.8. The van der Waals surface area contributed by atoms with Crippen LogP contribution in [0.2, 0.25) is 0 Å². The van der Waals surface area contributed by atoms with E-state index < -0.39 is 64.7 Å². The SMILES string of the molecule is Cc1nc(C)c(C(S[C@@H]2O[C@H](CO)[C@H](O)[C@H](n3cc(-c4cc(F)c(F)c(F)c4)nn3)[C@H]2O)C2(O)CCOCC2)nc1C. The van der Waals surface area contributed by atoms with Crippen LogP contribution in [-0.4, -0.2) is 94.6 Å². The molecule has 11 nitrogen and oxygen atoms in total. The normalized spacial score (nSPS) is 26.8. The third-order valence-corrected chi connectivity index (χ3v) is 9.42. The fourth-order valence-electron chi connectivity index (χ4n) is 5.30. The highest BCUT2D eigenvalue weighted by atomic mass is 32.2. The van der Waals surface area contributed by atoms with Crippen LogP contribution in [0.4, 0.5) is 13.2 Å². The standard InChI is InChI=1S/C27H32F3N5O6S/c1-12-13(2)32-21(14(3)31-12)25(27(39)4-6-40-7-5-27)42-26-24(38)22(23(37)19(11-36)41-26)35-10-18(33-34-35)15-8-16(28)20(30)17(29)9-15/h8-10,19,22-26,36-39H,4-7,11H2,1-3H3/t19-,22+,23+,24-,25?,26+/m1/s1. The first-order valence-corrected chi connectivity index (χ1v) is 14.3. The summed E-state index contributed by atoms with van der Waals surface area (Å²) < 4.78 is 53.7. The number of benzene rings is 1. The molecule has 1 unspecified atom stereocenters. The van der Waals surface area contributed by atoms with E-state index in [1.54, 1.807) is 6.92 Å². The van der Waals surface area contributed by atoms with Gasteiger partial charge in [-0.15, -0.1) is 16.9 Å². The highest BCUT2D eigenvalue weighted by molar-refractivity contribution is 8.00. The van der Waals surface area contributed by atoms with Crippen LogP contribution in [0.15, 0.2) is 18.3 Å². The Labute approximate surface area is 243 Å². The third kappa shape index (κ3) is 5.78.